The SMILES string of the molecule is Fc1cc(F)c(Cl)c(C2CCCNC2)c1. The van der Waals surface area contributed by atoms with Gasteiger partial charge in [0.05, 0.1) is 5.02 Å². The molecule has 1 fully saturated rings. The highest BCUT2D eigenvalue weighted by Gasteiger charge is 2.20. The molecular weight excluding hydrogens is 220 g/mol. The van der Waals surface area contributed by atoms with Crippen molar-refractivity contribution in [3.63, 3.8) is 0 Å². The Bertz CT molecular complexity index is 362. The minimum absolute atomic E-state index is 0.0603. The van der Waals surface area contributed by atoms with Crippen LogP contribution in [0.15, 0.2) is 12.1 Å². The predicted molar refractivity (Wildman–Crippen MR) is 56.2 cm³/mol. The summed E-state index contributed by atoms with van der Waals surface area (Å²) in [6.45, 7) is 1.70. The number of benzene rings is 1. The quantitative estimate of drug-likeness (QED) is 0.733. The number of hydrogen-bond acceptors (Lipinski definition) is 1. The molecule has 1 N–H and O–H groups in total. The first-order valence-electron chi connectivity index (χ1n) is 5.03. The average Bonchev–Trinajstić information content (AvgIpc) is 2.24. The fourth-order valence-corrected chi connectivity index (χ4v) is 2.25. The molecule has 0 amide bonds. The Balaban J connectivity index is 2.33. The minimum Gasteiger partial charge on any atom is -0.316 e. The lowest BCUT2D eigenvalue weighted by molar-refractivity contribution is 0.457. The highest BCUT2D eigenvalue weighted by Crippen LogP contribution is 2.31. The number of piperidine rings is 1. The summed E-state index contributed by atoms with van der Waals surface area (Å²) in [5, 5.41) is 3.26. The third-order valence-corrected chi connectivity index (χ3v) is 3.16. The smallest absolute Gasteiger partial charge is 0.144 e. The van der Waals surface area contributed by atoms with Gasteiger partial charge in [0.2, 0.25) is 0 Å². The second-order valence-electron chi connectivity index (χ2n) is 3.83. The van der Waals surface area contributed by atoms with Crippen molar-refractivity contribution in [1.82, 2.24) is 5.32 Å². The summed E-state index contributed by atoms with van der Waals surface area (Å²) in [7, 11) is 0. The van der Waals surface area contributed by atoms with Crippen molar-refractivity contribution in [2.45, 2.75) is 18.8 Å². The lowest BCUT2D eigenvalue weighted by Crippen LogP contribution is -2.28. The molecule has 1 unspecified atom stereocenters. The molecule has 15 heavy (non-hydrogen) atoms. The van der Waals surface area contributed by atoms with Crippen LogP contribution in [-0.2, 0) is 0 Å². The Morgan fingerprint density at radius 1 is 1.33 bits per heavy atom. The van der Waals surface area contributed by atoms with E-state index in [1.807, 2.05) is 0 Å². The van der Waals surface area contributed by atoms with E-state index >= 15 is 0 Å². The van der Waals surface area contributed by atoms with Gasteiger partial charge in [-0.3, -0.25) is 0 Å². The molecule has 1 aromatic carbocycles. The first kappa shape index (κ1) is 10.8. The van der Waals surface area contributed by atoms with Gasteiger partial charge in [0.1, 0.15) is 11.6 Å². The number of halogens is 3. The van der Waals surface area contributed by atoms with Crippen LogP contribution >= 0.6 is 11.6 Å². The van der Waals surface area contributed by atoms with E-state index in [0.29, 0.717) is 5.56 Å². The fourth-order valence-electron chi connectivity index (χ4n) is 1.99. The van der Waals surface area contributed by atoms with Crippen LogP contribution in [-0.4, -0.2) is 13.1 Å². The molecule has 0 bridgehead atoms. The zero-order valence-electron chi connectivity index (χ0n) is 8.19. The van der Waals surface area contributed by atoms with Crippen LogP contribution in [0.4, 0.5) is 8.78 Å². The van der Waals surface area contributed by atoms with Crippen molar-refractivity contribution in [3.8, 4) is 0 Å². The maximum absolute atomic E-state index is 13.2. The van der Waals surface area contributed by atoms with Gasteiger partial charge in [0.25, 0.3) is 0 Å². The van der Waals surface area contributed by atoms with Crippen LogP contribution in [0.2, 0.25) is 5.02 Å². The molecular formula is C11H12ClF2N. The van der Waals surface area contributed by atoms with Gasteiger partial charge in [0, 0.05) is 12.6 Å². The van der Waals surface area contributed by atoms with Crippen LogP contribution in [0.1, 0.15) is 24.3 Å². The van der Waals surface area contributed by atoms with Crippen LogP contribution in [0.25, 0.3) is 0 Å². The van der Waals surface area contributed by atoms with Gasteiger partial charge in [-0.1, -0.05) is 11.6 Å². The average molecular weight is 232 g/mol. The Morgan fingerprint density at radius 3 is 2.80 bits per heavy atom. The van der Waals surface area contributed by atoms with Gasteiger partial charge in [-0.15, -0.1) is 0 Å². The van der Waals surface area contributed by atoms with Crippen molar-refractivity contribution in [3.05, 3.63) is 34.4 Å². The zero-order chi connectivity index (χ0) is 10.8. The van der Waals surface area contributed by atoms with Crippen LogP contribution in [0, 0.1) is 11.6 Å². The summed E-state index contributed by atoms with van der Waals surface area (Å²) >= 11 is 5.83. The Morgan fingerprint density at radius 2 is 2.13 bits per heavy atom. The Hall–Kier alpha value is -0.670. The van der Waals surface area contributed by atoms with E-state index in [1.54, 1.807) is 0 Å². The number of hydrogen-bond donors (Lipinski definition) is 1. The van der Waals surface area contributed by atoms with Gasteiger partial charge >= 0.3 is 0 Å². The second kappa shape index (κ2) is 4.45. The maximum atomic E-state index is 13.2. The van der Waals surface area contributed by atoms with Gasteiger partial charge in [-0.05, 0) is 36.9 Å². The van der Waals surface area contributed by atoms with Crippen molar-refractivity contribution < 1.29 is 8.78 Å². The largest absolute Gasteiger partial charge is 0.316 e. The molecule has 0 aliphatic carbocycles. The monoisotopic (exact) mass is 231 g/mol. The predicted octanol–water partition coefficient (Wildman–Crippen LogP) is 3.09. The summed E-state index contributed by atoms with van der Waals surface area (Å²) in [5.41, 5.74) is 0.585. The molecule has 4 heteroatoms. The first-order chi connectivity index (χ1) is 7.18. The third kappa shape index (κ3) is 2.29. The molecule has 1 saturated heterocycles. The van der Waals surface area contributed by atoms with E-state index in [-0.39, 0.29) is 10.9 Å². The highest BCUT2D eigenvalue weighted by molar-refractivity contribution is 6.31. The number of nitrogens with one attached hydrogen (secondary N) is 1. The standard InChI is InChI=1S/C11H12ClF2N/c12-11-9(4-8(13)5-10(11)14)7-2-1-3-15-6-7/h4-5,7,15H,1-3,6H2. The van der Waals surface area contributed by atoms with Gasteiger partial charge in [-0.25, -0.2) is 8.78 Å². The highest BCUT2D eigenvalue weighted by atomic mass is 35.5. The second-order valence-corrected chi connectivity index (χ2v) is 4.21. The molecule has 82 valence electrons. The van der Waals surface area contributed by atoms with Crippen LogP contribution in [0.5, 0.6) is 0 Å². The molecule has 1 nitrogen and oxygen atoms in total. The molecule has 2 rings (SSSR count). The lowest BCUT2D eigenvalue weighted by Gasteiger charge is -2.24. The number of rotatable bonds is 1. The normalized spacial score (nSPS) is 21.7. The van der Waals surface area contributed by atoms with Gasteiger partial charge in [0.15, 0.2) is 0 Å². The van der Waals surface area contributed by atoms with E-state index in [4.69, 9.17) is 11.6 Å². The van der Waals surface area contributed by atoms with E-state index < -0.39 is 11.6 Å². The van der Waals surface area contributed by atoms with Crippen LogP contribution < -0.4 is 5.32 Å². The Kier molecular flexibility index (Phi) is 3.22. The molecule has 0 radical (unpaired) electrons. The summed E-state index contributed by atoms with van der Waals surface area (Å²) in [6.07, 6.45) is 1.94. The fraction of sp³-hybridized carbons (Fsp3) is 0.455. The van der Waals surface area contributed by atoms with Gasteiger partial charge < -0.3 is 5.32 Å². The molecule has 0 aromatic heterocycles. The zero-order valence-corrected chi connectivity index (χ0v) is 8.95. The van der Waals surface area contributed by atoms with Crippen molar-refractivity contribution in [2.75, 3.05) is 13.1 Å². The molecule has 1 aliphatic rings. The molecule has 1 atom stereocenters. The summed E-state index contributed by atoms with van der Waals surface area (Å²) < 4.78 is 26.2. The van der Waals surface area contributed by atoms with Crippen molar-refractivity contribution in [2.24, 2.45) is 0 Å². The van der Waals surface area contributed by atoms with Crippen molar-refractivity contribution in [1.29, 1.82) is 0 Å². The van der Waals surface area contributed by atoms with Crippen molar-refractivity contribution >= 4 is 11.6 Å². The topological polar surface area (TPSA) is 12.0 Å². The third-order valence-electron chi connectivity index (χ3n) is 2.76. The maximum Gasteiger partial charge on any atom is 0.144 e. The Labute approximate surface area is 92.4 Å². The van der Waals surface area contributed by atoms with Gasteiger partial charge in [-0.2, -0.15) is 0 Å². The van der Waals surface area contributed by atoms with E-state index in [9.17, 15) is 8.78 Å². The summed E-state index contributed by atoms with van der Waals surface area (Å²) in [5.74, 6) is -1.11. The van der Waals surface area contributed by atoms with E-state index in [2.05, 4.69) is 5.32 Å². The molecule has 1 heterocycles. The minimum atomic E-state index is -0.669. The molecule has 0 saturated carbocycles. The molecule has 0 spiro atoms. The first-order valence-corrected chi connectivity index (χ1v) is 5.41. The molecule has 1 aliphatic heterocycles. The summed E-state index contributed by atoms with van der Waals surface area (Å²) in [6, 6.07) is 2.16. The van der Waals surface area contributed by atoms with E-state index in [1.165, 1.54) is 6.07 Å². The van der Waals surface area contributed by atoms with E-state index in [0.717, 1.165) is 32.0 Å². The molecule has 1 aromatic rings. The van der Waals surface area contributed by atoms with Crippen LogP contribution in [0.3, 0.4) is 0 Å². The summed E-state index contributed by atoms with van der Waals surface area (Å²) in [4.78, 5) is 0. The lowest BCUT2D eigenvalue weighted by atomic mass is 9.91.